The van der Waals surface area contributed by atoms with Gasteiger partial charge in [-0.2, -0.15) is 0 Å². The van der Waals surface area contributed by atoms with Crippen molar-refractivity contribution in [1.29, 1.82) is 0 Å². The Balaban J connectivity index is 2.07. The average Bonchev–Trinajstić information content (AvgIpc) is 2.67. The van der Waals surface area contributed by atoms with Gasteiger partial charge in [-0.1, -0.05) is 78.1 Å². The maximum Gasteiger partial charge on any atom is 0.201 e. The van der Waals surface area contributed by atoms with Crippen LogP contribution in [-0.4, -0.2) is 8.42 Å². The van der Waals surface area contributed by atoms with Crippen molar-refractivity contribution in [3.63, 3.8) is 0 Å². The molecule has 0 atom stereocenters. The number of hydrogen-bond donors (Lipinski definition) is 0. The van der Waals surface area contributed by atoms with Gasteiger partial charge in [0.2, 0.25) is 9.84 Å². The van der Waals surface area contributed by atoms with Crippen molar-refractivity contribution in [3.8, 4) is 11.8 Å². The molecule has 0 aliphatic rings. The fourth-order valence-corrected chi connectivity index (χ4v) is 3.56. The van der Waals surface area contributed by atoms with Gasteiger partial charge in [0.05, 0.1) is 10.3 Å². The highest BCUT2D eigenvalue weighted by atomic mass is 32.2. The molecule has 0 spiro atoms. The Bertz CT molecular complexity index is 1070. The summed E-state index contributed by atoms with van der Waals surface area (Å²) in [7, 11) is -3.59. The molecule has 0 N–H and O–H groups in total. The van der Waals surface area contributed by atoms with Crippen molar-refractivity contribution in [3.05, 3.63) is 107 Å². The molecule has 0 bridgehead atoms. The lowest BCUT2D eigenvalue weighted by Crippen LogP contribution is -1.98. The molecule has 0 unspecified atom stereocenters. The van der Waals surface area contributed by atoms with Crippen LogP contribution in [0.15, 0.2) is 95.2 Å². The molecular formula is C23H18O2S. The molecular weight excluding hydrogens is 340 g/mol. The molecule has 0 saturated heterocycles. The highest BCUT2D eigenvalue weighted by molar-refractivity contribution is 7.94. The topological polar surface area (TPSA) is 34.1 Å². The van der Waals surface area contributed by atoms with Crippen molar-refractivity contribution in [2.24, 2.45) is 0 Å². The molecule has 0 heterocycles. The molecule has 0 radical (unpaired) electrons. The fraction of sp³-hybridized carbons (Fsp3) is 0.0435. The van der Waals surface area contributed by atoms with E-state index in [0.717, 1.165) is 16.7 Å². The molecule has 3 aromatic carbocycles. The Morgan fingerprint density at radius 1 is 0.808 bits per heavy atom. The van der Waals surface area contributed by atoms with Gasteiger partial charge in [-0.3, -0.25) is 0 Å². The number of sulfone groups is 1. The minimum absolute atomic E-state index is 0.262. The third-order valence-electron chi connectivity index (χ3n) is 3.82. The Kier molecular flexibility index (Phi) is 5.36. The van der Waals surface area contributed by atoms with E-state index >= 15 is 0 Å². The van der Waals surface area contributed by atoms with Crippen LogP contribution in [0.5, 0.6) is 0 Å². The van der Waals surface area contributed by atoms with Crippen molar-refractivity contribution in [2.75, 3.05) is 0 Å². The predicted molar refractivity (Wildman–Crippen MR) is 106 cm³/mol. The van der Waals surface area contributed by atoms with Crippen molar-refractivity contribution in [1.82, 2.24) is 0 Å². The first kappa shape index (κ1) is 17.7. The Hall–Kier alpha value is -3.09. The second-order valence-electron chi connectivity index (χ2n) is 5.87. The number of aryl methyl sites for hydroxylation is 1. The zero-order valence-electron chi connectivity index (χ0n) is 14.4. The predicted octanol–water partition coefficient (Wildman–Crippen LogP) is 4.86. The van der Waals surface area contributed by atoms with Crippen LogP contribution in [0.3, 0.4) is 0 Å². The molecule has 0 saturated carbocycles. The lowest BCUT2D eigenvalue weighted by molar-refractivity contribution is 0.604. The fourth-order valence-electron chi connectivity index (χ4n) is 2.40. The van der Waals surface area contributed by atoms with Gasteiger partial charge in [-0.15, -0.1) is 0 Å². The number of benzene rings is 3. The van der Waals surface area contributed by atoms with E-state index in [2.05, 4.69) is 11.8 Å². The SMILES string of the molecule is Cc1ccc(S(=O)(=O)/C=C(\C#Cc2ccccc2)c2ccccc2)cc1. The van der Waals surface area contributed by atoms with E-state index in [1.54, 1.807) is 24.3 Å². The van der Waals surface area contributed by atoms with Gasteiger partial charge < -0.3 is 0 Å². The monoisotopic (exact) mass is 358 g/mol. The molecule has 3 heteroatoms. The van der Waals surface area contributed by atoms with Gasteiger partial charge in [-0.05, 0) is 36.8 Å². The van der Waals surface area contributed by atoms with Crippen LogP contribution in [-0.2, 0) is 9.84 Å². The summed E-state index contributed by atoms with van der Waals surface area (Å²) in [5.74, 6) is 6.07. The molecule has 0 aliphatic heterocycles. The highest BCUT2D eigenvalue weighted by Gasteiger charge is 2.13. The molecule has 3 rings (SSSR count). The van der Waals surface area contributed by atoms with Crippen LogP contribution in [0.2, 0.25) is 0 Å². The number of allylic oxidation sites excluding steroid dienone is 1. The summed E-state index contributed by atoms with van der Waals surface area (Å²) in [6, 6.07) is 25.7. The van der Waals surface area contributed by atoms with Crippen molar-refractivity contribution < 1.29 is 8.42 Å². The second-order valence-corrected chi connectivity index (χ2v) is 7.67. The van der Waals surface area contributed by atoms with Crippen LogP contribution in [0.25, 0.3) is 5.57 Å². The zero-order valence-corrected chi connectivity index (χ0v) is 15.2. The van der Waals surface area contributed by atoms with E-state index in [1.807, 2.05) is 67.6 Å². The van der Waals surface area contributed by atoms with Crippen LogP contribution in [0.4, 0.5) is 0 Å². The Morgan fingerprint density at radius 2 is 1.38 bits per heavy atom. The molecule has 128 valence electrons. The summed E-state index contributed by atoms with van der Waals surface area (Å²) < 4.78 is 25.6. The number of hydrogen-bond acceptors (Lipinski definition) is 2. The quantitative estimate of drug-likeness (QED) is 0.627. The Labute approximate surface area is 154 Å². The molecule has 0 aliphatic carbocycles. The van der Waals surface area contributed by atoms with Gasteiger partial charge in [0.15, 0.2) is 0 Å². The normalized spacial score (nSPS) is 11.5. The molecule has 0 amide bonds. The van der Waals surface area contributed by atoms with Crippen molar-refractivity contribution >= 4 is 15.4 Å². The van der Waals surface area contributed by atoms with Crippen LogP contribution < -0.4 is 0 Å². The minimum Gasteiger partial charge on any atom is -0.219 e. The molecule has 3 aromatic rings. The Morgan fingerprint density at radius 3 is 2.00 bits per heavy atom. The lowest BCUT2D eigenvalue weighted by atomic mass is 10.1. The maximum absolute atomic E-state index is 12.8. The van der Waals surface area contributed by atoms with E-state index in [4.69, 9.17) is 0 Å². The van der Waals surface area contributed by atoms with E-state index in [-0.39, 0.29) is 4.90 Å². The number of rotatable bonds is 3. The summed E-state index contributed by atoms with van der Waals surface area (Å²) in [4.78, 5) is 0.262. The van der Waals surface area contributed by atoms with Crippen LogP contribution >= 0.6 is 0 Å². The van der Waals surface area contributed by atoms with Gasteiger partial charge in [0.25, 0.3) is 0 Å². The van der Waals surface area contributed by atoms with E-state index in [9.17, 15) is 8.42 Å². The van der Waals surface area contributed by atoms with Gasteiger partial charge in [0.1, 0.15) is 0 Å². The maximum atomic E-state index is 12.8. The average molecular weight is 358 g/mol. The first-order valence-electron chi connectivity index (χ1n) is 8.20. The molecule has 26 heavy (non-hydrogen) atoms. The first-order chi connectivity index (χ1) is 12.5. The lowest BCUT2D eigenvalue weighted by Gasteiger charge is -2.03. The van der Waals surface area contributed by atoms with E-state index < -0.39 is 9.84 Å². The smallest absolute Gasteiger partial charge is 0.201 e. The van der Waals surface area contributed by atoms with Crippen LogP contribution in [0, 0.1) is 18.8 Å². The third-order valence-corrected chi connectivity index (χ3v) is 5.30. The molecule has 2 nitrogen and oxygen atoms in total. The molecule has 0 fully saturated rings. The third kappa shape index (κ3) is 4.50. The minimum atomic E-state index is -3.59. The zero-order chi connectivity index (χ0) is 18.4. The van der Waals surface area contributed by atoms with Crippen LogP contribution in [0.1, 0.15) is 16.7 Å². The van der Waals surface area contributed by atoms with E-state index in [1.165, 1.54) is 5.41 Å². The van der Waals surface area contributed by atoms with Gasteiger partial charge in [-0.25, -0.2) is 8.42 Å². The summed E-state index contributed by atoms with van der Waals surface area (Å²) in [5.41, 5.74) is 3.09. The van der Waals surface area contributed by atoms with Crippen molar-refractivity contribution in [2.45, 2.75) is 11.8 Å². The summed E-state index contributed by atoms with van der Waals surface area (Å²) in [6.07, 6.45) is 0. The standard InChI is InChI=1S/C23H18O2S/c1-19-12-16-23(17-13-19)26(24,25)18-22(21-10-6-3-7-11-21)15-14-20-8-4-2-5-9-20/h2-13,16-18H,1H3/b22-18+. The second kappa shape index (κ2) is 7.86. The largest absolute Gasteiger partial charge is 0.219 e. The van der Waals surface area contributed by atoms with Gasteiger partial charge in [0, 0.05) is 11.1 Å². The summed E-state index contributed by atoms with van der Waals surface area (Å²) >= 11 is 0. The molecule has 0 aromatic heterocycles. The summed E-state index contributed by atoms with van der Waals surface area (Å²) in [6.45, 7) is 1.92. The first-order valence-corrected chi connectivity index (χ1v) is 9.75. The van der Waals surface area contributed by atoms with Gasteiger partial charge >= 0.3 is 0 Å². The van der Waals surface area contributed by atoms with E-state index in [0.29, 0.717) is 5.57 Å². The highest BCUT2D eigenvalue weighted by Crippen LogP contribution is 2.20. The summed E-state index contributed by atoms with van der Waals surface area (Å²) in [5, 5.41) is 1.25.